The molecule has 0 aliphatic heterocycles. The number of rotatable bonds is 1. The van der Waals surface area contributed by atoms with Crippen molar-refractivity contribution in [3.63, 3.8) is 0 Å². The Morgan fingerprint density at radius 3 is 2.92 bits per heavy atom. The van der Waals surface area contributed by atoms with Gasteiger partial charge in [-0.05, 0) is 12.1 Å². The molecule has 0 unspecified atom stereocenters. The normalized spacial score (nSPS) is 10.5. The second-order valence-electron chi connectivity index (χ2n) is 2.68. The van der Waals surface area contributed by atoms with E-state index in [9.17, 15) is 14.3 Å². The highest BCUT2D eigenvalue weighted by molar-refractivity contribution is 6.00. The number of phenolic OH excluding ortho intramolecular Hbond substituents is 1. The van der Waals surface area contributed by atoms with Gasteiger partial charge in [-0.2, -0.15) is 0 Å². The van der Waals surface area contributed by atoms with Crippen LogP contribution in [0.5, 0.6) is 5.75 Å². The second-order valence-corrected chi connectivity index (χ2v) is 2.68. The third kappa shape index (κ3) is 0.989. The molecule has 0 radical (unpaired) electrons. The molecular weight excluding hydrogens is 173 g/mol. The highest BCUT2D eigenvalue weighted by Gasteiger charge is 2.10. The van der Waals surface area contributed by atoms with Crippen LogP contribution in [0, 0.1) is 5.82 Å². The molecule has 1 aromatic heterocycles. The van der Waals surface area contributed by atoms with E-state index < -0.39 is 11.6 Å². The Kier molecular flexibility index (Phi) is 1.55. The topological polar surface area (TPSA) is 53.1 Å². The Balaban J connectivity index is 2.93. The Labute approximate surface area is 72.8 Å². The number of hydrogen-bond donors (Lipinski definition) is 2. The Morgan fingerprint density at radius 1 is 1.46 bits per heavy atom. The van der Waals surface area contributed by atoms with Gasteiger partial charge in [-0.25, -0.2) is 4.39 Å². The van der Waals surface area contributed by atoms with Crippen LogP contribution < -0.4 is 0 Å². The maximum Gasteiger partial charge on any atom is 0.165 e. The fraction of sp³-hybridized carbons (Fsp3) is 0. The van der Waals surface area contributed by atoms with E-state index in [2.05, 4.69) is 4.98 Å². The summed E-state index contributed by atoms with van der Waals surface area (Å²) >= 11 is 0. The molecule has 0 amide bonds. The number of aromatic amines is 1. The molecule has 0 saturated carbocycles. The van der Waals surface area contributed by atoms with E-state index in [-0.39, 0.29) is 10.9 Å². The number of fused-ring (bicyclic) bond motifs is 1. The predicted molar refractivity (Wildman–Crippen MR) is 45.3 cm³/mol. The van der Waals surface area contributed by atoms with Gasteiger partial charge >= 0.3 is 0 Å². The average molecular weight is 179 g/mol. The van der Waals surface area contributed by atoms with Gasteiger partial charge in [0.1, 0.15) is 0 Å². The largest absolute Gasteiger partial charge is 0.504 e. The summed E-state index contributed by atoms with van der Waals surface area (Å²) in [6.07, 6.45) is 1.99. The monoisotopic (exact) mass is 179 g/mol. The number of hydrogen-bond acceptors (Lipinski definition) is 2. The number of nitrogens with one attached hydrogen (secondary N) is 1. The quantitative estimate of drug-likeness (QED) is 0.656. The van der Waals surface area contributed by atoms with Crippen molar-refractivity contribution in [1.29, 1.82) is 0 Å². The molecule has 2 rings (SSSR count). The molecule has 0 atom stereocenters. The van der Waals surface area contributed by atoms with Gasteiger partial charge in [-0.3, -0.25) is 4.79 Å². The minimum Gasteiger partial charge on any atom is -0.504 e. The Morgan fingerprint density at radius 2 is 2.23 bits per heavy atom. The molecule has 0 fully saturated rings. The van der Waals surface area contributed by atoms with E-state index >= 15 is 0 Å². The van der Waals surface area contributed by atoms with E-state index in [1.807, 2.05) is 0 Å². The first kappa shape index (κ1) is 7.79. The summed E-state index contributed by atoms with van der Waals surface area (Å²) in [5.74, 6) is -1.21. The zero-order valence-corrected chi connectivity index (χ0v) is 6.54. The molecule has 4 heteroatoms. The zero-order valence-electron chi connectivity index (χ0n) is 6.54. The molecule has 0 saturated heterocycles. The van der Waals surface area contributed by atoms with E-state index in [0.29, 0.717) is 11.8 Å². The molecular formula is C9H6FNO2. The minimum absolute atomic E-state index is 0.231. The van der Waals surface area contributed by atoms with Crippen molar-refractivity contribution in [3.05, 3.63) is 29.7 Å². The van der Waals surface area contributed by atoms with E-state index in [4.69, 9.17) is 0 Å². The van der Waals surface area contributed by atoms with E-state index in [1.165, 1.54) is 12.3 Å². The molecule has 3 nitrogen and oxygen atoms in total. The van der Waals surface area contributed by atoms with Gasteiger partial charge in [0.05, 0.1) is 10.9 Å². The number of benzene rings is 1. The highest BCUT2D eigenvalue weighted by Crippen LogP contribution is 2.29. The van der Waals surface area contributed by atoms with E-state index in [1.54, 1.807) is 0 Å². The molecule has 2 N–H and O–H groups in total. The minimum atomic E-state index is -0.727. The van der Waals surface area contributed by atoms with Crippen LogP contribution in [0.4, 0.5) is 4.39 Å². The first-order valence-corrected chi connectivity index (χ1v) is 3.68. The van der Waals surface area contributed by atoms with Gasteiger partial charge in [0, 0.05) is 11.8 Å². The Bertz CT molecular complexity index is 476. The summed E-state index contributed by atoms with van der Waals surface area (Å²) in [7, 11) is 0. The third-order valence-electron chi connectivity index (χ3n) is 1.93. The lowest BCUT2D eigenvalue weighted by Gasteiger charge is -1.96. The van der Waals surface area contributed by atoms with Crippen molar-refractivity contribution in [1.82, 2.24) is 4.98 Å². The number of halogens is 1. The van der Waals surface area contributed by atoms with Crippen LogP contribution in [0.3, 0.4) is 0 Å². The fourth-order valence-corrected chi connectivity index (χ4v) is 1.30. The Hall–Kier alpha value is -1.84. The van der Waals surface area contributed by atoms with Crippen molar-refractivity contribution in [2.75, 3.05) is 0 Å². The molecule has 1 heterocycles. The van der Waals surface area contributed by atoms with E-state index in [0.717, 1.165) is 6.07 Å². The highest BCUT2D eigenvalue weighted by atomic mass is 19.1. The smallest absolute Gasteiger partial charge is 0.165 e. The molecule has 0 aliphatic rings. The number of phenols is 1. The third-order valence-corrected chi connectivity index (χ3v) is 1.93. The van der Waals surface area contributed by atoms with Crippen molar-refractivity contribution in [2.45, 2.75) is 0 Å². The average Bonchev–Trinajstić information content (AvgIpc) is 2.55. The molecule has 13 heavy (non-hydrogen) atoms. The maximum absolute atomic E-state index is 12.9. The number of aromatic nitrogens is 1. The first-order chi connectivity index (χ1) is 6.24. The first-order valence-electron chi connectivity index (χ1n) is 3.68. The predicted octanol–water partition coefficient (Wildman–Crippen LogP) is 1.83. The van der Waals surface area contributed by atoms with Crippen LogP contribution in [0.1, 0.15) is 10.4 Å². The van der Waals surface area contributed by atoms with Crippen molar-refractivity contribution < 1.29 is 14.3 Å². The van der Waals surface area contributed by atoms with Crippen molar-refractivity contribution in [2.24, 2.45) is 0 Å². The van der Waals surface area contributed by atoms with Gasteiger partial charge in [0.2, 0.25) is 0 Å². The van der Waals surface area contributed by atoms with Crippen LogP contribution >= 0.6 is 0 Å². The molecule has 0 spiro atoms. The lowest BCUT2D eigenvalue weighted by molar-refractivity contribution is 0.112. The molecule has 0 bridgehead atoms. The van der Waals surface area contributed by atoms with Gasteiger partial charge in [0.25, 0.3) is 0 Å². The summed E-state index contributed by atoms with van der Waals surface area (Å²) in [6.45, 7) is 0. The number of carbonyl (C=O) groups is 1. The summed E-state index contributed by atoms with van der Waals surface area (Å²) in [6, 6.07) is 2.61. The standard InChI is InChI=1S/C9H6FNO2/c10-6-1-2-7-8(9(6)13)5(4-12)3-11-7/h1-4,11,13H. The zero-order chi connectivity index (χ0) is 9.42. The lowest BCUT2D eigenvalue weighted by atomic mass is 10.1. The molecule has 0 aliphatic carbocycles. The molecule has 2 aromatic rings. The van der Waals surface area contributed by atoms with Crippen LogP contribution in [-0.4, -0.2) is 16.4 Å². The summed E-state index contributed by atoms with van der Waals surface area (Å²) in [4.78, 5) is 13.2. The fourth-order valence-electron chi connectivity index (χ4n) is 1.30. The molecule has 1 aromatic carbocycles. The SMILES string of the molecule is O=Cc1c[nH]c2ccc(F)c(O)c12. The summed E-state index contributed by atoms with van der Waals surface area (Å²) in [5.41, 5.74) is 0.799. The van der Waals surface area contributed by atoms with Crippen molar-refractivity contribution >= 4 is 17.2 Å². The van der Waals surface area contributed by atoms with Gasteiger partial charge in [-0.15, -0.1) is 0 Å². The van der Waals surface area contributed by atoms with Crippen LogP contribution in [-0.2, 0) is 0 Å². The second kappa shape index (κ2) is 2.58. The van der Waals surface area contributed by atoms with Crippen LogP contribution in [0.25, 0.3) is 10.9 Å². The van der Waals surface area contributed by atoms with Gasteiger partial charge in [-0.1, -0.05) is 0 Å². The van der Waals surface area contributed by atoms with Gasteiger partial charge in [0.15, 0.2) is 17.9 Å². The van der Waals surface area contributed by atoms with Crippen molar-refractivity contribution in [3.8, 4) is 5.75 Å². The lowest BCUT2D eigenvalue weighted by Crippen LogP contribution is -1.80. The number of carbonyl (C=O) groups excluding carboxylic acids is 1. The number of H-pyrrole nitrogens is 1. The molecule has 66 valence electrons. The number of aromatic hydroxyl groups is 1. The van der Waals surface area contributed by atoms with Crippen LogP contribution in [0.2, 0.25) is 0 Å². The van der Waals surface area contributed by atoms with Gasteiger partial charge < -0.3 is 10.1 Å². The maximum atomic E-state index is 12.9. The summed E-state index contributed by atoms with van der Waals surface area (Å²) in [5, 5.41) is 9.54. The van der Waals surface area contributed by atoms with Crippen LogP contribution in [0.15, 0.2) is 18.3 Å². The summed E-state index contributed by atoms with van der Waals surface area (Å²) < 4.78 is 12.9. The number of aldehydes is 1.